The van der Waals surface area contributed by atoms with Gasteiger partial charge < -0.3 is 4.74 Å². The van der Waals surface area contributed by atoms with Crippen molar-refractivity contribution < 1.29 is 22.7 Å². The van der Waals surface area contributed by atoms with Gasteiger partial charge in [0.25, 0.3) is 0 Å². The van der Waals surface area contributed by atoms with Crippen LogP contribution in [0, 0.1) is 11.3 Å². The van der Waals surface area contributed by atoms with Crippen LogP contribution in [0.3, 0.4) is 0 Å². The summed E-state index contributed by atoms with van der Waals surface area (Å²) in [6, 6.07) is 4.44. The highest BCUT2D eigenvalue weighted by atomic mass is 32.2. The van der Waals surface area contributed by atoms with Gasteiger partial charge in [0.1, 0.15) is 6.07 Å². The van der Waals surface area contributed by atoms with Gasteiger partial charge in [-0.2, -0.15) is 18.4 Å². The summed E-state index contributed by atoms with van der Waals surface area (Å²) in [5, 5.41) is 8.93. The van der Waals surface area contributed by atoms with Crippen molar-refractivity contribution in [2.24, 2.45) is 0 Å². The Kier molecular flexibility index (Phi) is 5.45. The van der Waals surface area contributed by atoms with Crippen LogP contribution in [-0.2, 0) is 11.2 Å². The van der Waals surface area contributed by atoms with Gasteiger partial charge in [-0.1, -0.05) is 13.0 Å². The Balaban J connectivity index is 3.49. The summed E-state index contributed by atoms with van der Waals surface area (Å²) >= 11 is -0.461. The van der Waals surface area contributed by atoms with Crippen LogP contribution in [0.15, 0.2) is 17.0 Å². The van der Waals surface area contributed by atoms with E-state index in [2.05, 4.69) is 0 Å². The first kappa shape index (κ1) is 16.4. The van der Waals surface area contributed by atoms with E-state index in [0.717, 1.165) is 0 Å². The van der Waals surface area contributed by atoms with Crippen molar-refractivity contribution in [3.8, 4) is 6.07 Å². The molecule has 0 aliphatic heterocycles. The molecule has 0 spiro atoms. The minimum absolute atomic E-state index is 0.0505. The zero-order valence-corrected chi connectivity index (χ0v) is 11.7. The second kappa shape index (κ2) is 6.66. The van der Waals surface area contributed by atoms with E-state index in [0.29, 0.717) is 12.0 Å². The molecule has 1 aromatic rings. The summed E-state index contributed by atoms with van der Waals surface area (Å²) in [5.74, 6) is -0.840. The van der Waals surface area contributed by atoms with Crippen molar-refractivity contribution in [3.05, 3.63) is 28.8 Å². The monoisotopic (exact) mass is 303 g/mol. The first-order chi connectivity index (χ1) is 9.34. The molecule has 1 rings (SSSR count). The minimum atomic E-state index is -4.58. The Hall–Kier alpha value is -1.68. The van der Waals surface area contributed by atoms with Gasteiger partial charge in [-0.3, -0.25) is 0 Å². The summed E-state index contributed by atoms with van der Waals surface area (Å²) in [5.41, 5.74) is -4.52. The third kappa shape index (κ3) is 3.90. The first-order valence-electron chi connectivity index (χ1n) is 5.82. The number of thioether (sulfide) groups is 1. The highest BCUT2D eigenvalue weighted by Crippen LogP contribution is 2.41. The molecule has 0 aliphatic carbocycles. The van der Waals surface area contributed by atoms with Gasteiger partial charge in [0.2, 0.25) is 0 Å². The molecule has 0 bridgehead atoms. The van der Waals surface area contributed by atoms with Gasteiger partial charge in [0, 0.05) is 4.90 Å². The molecule has 3 nitrogen and oxygen atoms in total. The van der Waals surface area contributed by atoms with E-state index in [9.17, 15) is 18.0 Å². The predicted octanol–water partition coefficient (Wildman–Crippen LogP) is 3.91. The van der Waals surface area contributed by atoms with E-state index < -0.39 is 28.1 Å². The Morgan fingerprint density at radius 1 is 1.40 bits per heavy atom. The molecule has 0 radical (unpaired) electrons. The molecule has 20 heavy (non-hydrogen) atoms. The Morgan fingerprint density at radius 2 is 2.05 bits per heavy atom. The molecule has 0 saturated heterocycles. The number of alkyl halides is 3. The number of nitrogens with zero attached hydrogens (tertiary/aromatic N) is 1. The number of esters is 1. The number of hydrogen-bond donors (Lipinski definition) is 0. The fourth-order valence-electron chi connectivity index (χ4n) is 1.65. The number of carbonyl (C=O) groups excluding carboxylic acids is 1. The summed E-state index contributed by atoms with van der Waals surface area (Å²) in [4.78, 5) is 11.5. The lowest BCUT2D eigenvalue weighted by atomic mass is 10.0. The van der Waals surface area contributed by atoms with Crippen LogP contribution in [0.1, 0.15) is 35.3 Å². The molecular formula is C13H12F3NO2S. The van der Waals surface area contributed by atoms with Gasteiger partial charge in [0.15, 0.2) is 0 Å². The molecule has 108 valence electrons. The Labute approximate surface area is 118 Å². The van der Waals surface area contributed by atoms with Crippen LogP contribution in [0.25, 0.3) is 0 Å². The molecule has 0 aliphatic rings. The topological polar surface area (TPSA) is 50.1 Å². The molecule has 7 heteroatoms. The normalized spacial score (nSPS) is 11.0. The maximum Gasteiger partial charge on any atom is 0.446 e. The third-order valence-corrected chi connectivity index (χ3v) is 3.30. The van der Waals surface area contributed by atoms with E-state index in [-0.39, 0.29) is 17.7 Å². The third-order valence-electron chi connectivity index (χ3n) is 2.44. The van der Waals surface area contributed by atoms with E-state index in [1.807, 2.05) is 0 Å². The molecule has 0 saturated carbocycles. The molecular weight excluding hydrogens is 291 g/mol. The van der Waals surface area contributed by atoms with Crippen LogP contribution < -0.4 is 0 Å². The van der Waals surface area contributed by atoms with Crippen LogP contribution in [0.5, 0.6) is 0 Å². The summed E-state index contributed by atoms with van der Waals surface area (Å²) in [6.07, 6.45) is 0.366. The molecule has 0 N–H and O–H groups in total. The fourth-order valence-corrected chi connectivity index (χ4v) is 2.43. The van der Waals surface area contributed by atoms with Crippen molar-refractivity contribution in [1.29, 1.82) is 5.26 Å². The number of nitriles is 1. The largest absolute Gasteiger partial charge is 0.462 e. The van der Waals surface area contributed by atoms with E-state index >= 15 is 0 Å². The second-order valence-corrected chi connectivity index (χ2v) is 4.79. The zero-order chi connectivity index (χ0) is 15.3. The summed E-state index contributed by atoms with van der Waals surface area (Å²) < 4.78 is 42.7. The number of aryl methyl sites for hydroxylation is 1. The number of rotatable bonds is 4. The molecule has 0 atom stereocenters. The van der Waals surface area contributed by atoms with Gasteiger partial charge in [-0.25, -0.2) is 4.79 Å². The van der Waals surface area contributed by atoms with Gasteiger partial charge in [0.05, 0.1) is 17.7 Å². The van der Waals surface area contributed by atoms with Gasteiger partial charge >= 0.3 is 11.5 Å². The van der Waals surface area contributed by atoms with Crippen LogP contribution in [0.2, 0.25) is 0 Å². The second-order valence-electron chi connectivity index (χ2n) is 3.71. The van der Waals surface area contributed by atoms with Crippen LogP contribution in [-0.4, -0.2) is 18.1 Å². The van der Waals surface area contributed by atoms with Crippen molar-refractivity contribution in [2.45, 2.75) is 30.7 Å². The number of benzene rings is 1. The van der Waals surface area contributed by atoms with E-state index in [1.165, 1.54) is 12.1 Å². The molecule has 0 fully saturated rings. The zero-order valence-electron chi connectivity index (χ0n) is 10.9. The first-order valence-corrected chi connectivity index (χ1v) is 6.64. The highest BCUT2D eigenvalue weighted by molar-refractivity contribution is 8.00. The molecule has 0 heterocycles. The number of halogens is 3. The Bertz CT molecular complexity index is 550. The number of carbonyl (C=O) groups is 1. The van der Waals surface area contributed by atoms with Crippen molar-refractivity contribution in [3.63, 3.8) is 0 Å². The predicted molar refractivity (Wildman–Crippen MR) is 68.4 cm³/mol. The van der Waals surface area contributed by atoms with Crippen molar-refractivity contribution >= 4 is 17.7 Å². The number of hydrogen-bond acceptors (Lipinski definition) is 4. The highest BCUT2D eigenvalue weighted by Gasteiger charge is 2.34. The van der Waals surface area contributed by atoms with Gasteiger partial charge in [-0.15, -0.1) is 0 Å². The lowest BCUT2D eigenvalue weighted by Crippen LogP contribution is -2.13. The molecule has 0 aromatic heterocycles. The Morgan fingerprint density at radius 3 is 2.50 bits per heavy atom. The van der Waals surface area contributed by atoms with Crippen LogP contribution >= 0.6 is 11.8 Å². The standard InChI is InChI=1S/C13H12F3NO2S/c1-3-8-5-6-9(7-17)11(20-13(14,15)16)10(8)12(18)19-4-2/h5-6H,3-4H2,1-2H3. The minimum Gasteiger partial charge on any atom is -0.462 e. The average Bonchev–Trinajstić information content (AvgIpc) is 2.36. The van der Waals surface area contributed by atoms with E-state index in [1.54, 1.807) is 19.9 Å². The summed E-state index contributed by atoms with van der Waals surface area (Å²) in [6.45, 7) is 3.33. The average molecular weight is 303 g/mol. The maximum atomic E-state index is 12.6. The molecule has 0 amide bonds. The van der Waals surface area contributed by atoms with Crippen molar-refractivity contribution in [2.75, 3.05) is 6.61 Å². The number of ether oxygens (including phenoxy) is 1. The summed E-state index contributed by atoms with van der Waals surface area (Å²) in [7, 11) is 0. The quantitative estimate of drug-likeness (QED) is 0.625. The van der Waals surface area contributed by atoms with Crippen LogP contribution in [0.4, 0.5) is 13.2 Å². The van der Waals surface area contributed by atoms with E-state index in [4.69, 9.17) is 10.00 Å². The fraction of sp³-hybridized carbons (Fsp3) is 0.385. The van der Waals surface area contributed by atoms with Crippen molar-refractivity contribution in [1.82, 2.24) is 0 Å². The lowest BCUT2D eigenvalue weighted by molar-refractivity contribution is -0.0328. The molecule has 0 unspecified atom stereocenters. The van der Waals surface area contributed by atoms with Gasteiger partial charge in [-0.05, 0) is 36.7 Å². The lowest BCUT2D eigenvalue weighted by Gasteiger charge is -2.15. The molecule has 1 aromatic carbocycles. The maximum absolute atomic E-state index is 12.6. The smallest absolute Gasteiger partial charge is 0.446 e. The SMILES string of the molecule is CCOC(=O)c1c(CC)ccc(C#N)c1SC(F)(F)F.